The Morgan fingerprint density at radius 3 is 2.39 bits per heavy atom. The molecule has 1 aliphatic heterocycles. The number of hydrogen-bond donors (Lipinski definition) is 5. The number of benzene rings is 2. The smallest absolute Gasteiger partial charge is 0.335 e. The predicted molar refractivity (Wildman–Crippen MR) is 119 cm³/mol. The highest BCUT2D eigenvalue weighted by atomic mass is 19.1. The van der Waals surface area contributed by atoms with Crippen LogP contribution in [0.25, 0.3) is 0 Å². The Balaban J connectivity index is 0.000000696. The summed E-state index contributed by atoms with van der Waals surface area (Å²) in [6.07, 6.45) is 0.659. The van der Waals surface area contributed by atoms with Crippen LogP contribution in [-0.2, 0) is 10.2 Å². The number of carbonyl (C=O) groups excluding carboxylic acids is 2. The standard InChI is InChI=1S/C21H25N3O4.C2H3FO2/c1-23-20(27)16-10-14(19(26)24-9-5-8-22)11-17-18(16)28-13-21(17,12-25)15-6-3-2-4-7-15;3-1-2(4)5/h2-4,6-7,10-11,25H,5,8-9,12-13,22H2,1H3,(H,23,27)(H,24,26);1H2,(H,4,5). The van der Waals surface area contributed by atoms with Crippen molar-refractivity contribution in [2.75, 3.05) is 40.0 Å². The van der Waals surface area contributed by atoms with Gasteiger partial charge in [-0.2, -0.15) is 0 Å². The van der Waals surface area contributed by atoms with Crippen LogP contribution in [-0.4, -0.2) is 68.0 Å². The molecule has 6 N–H and O–H groups in total. The minimum atomic E-state index is -1.41. The summed E-state index contributed by atoms with van der Waals surface area (Å²) >= 11 is 0. The zero-order valence-corrected chi connectivity index (χ0v) is 18.3. The maximum absolute atomic E-state index is 12.6. The molecule has 178 valence electrons. The number of alkyl halides is 1. The van der Waals surface area contributed by atoms with Crippen molar-refractivity contribution in [1.82, 2.24) is 10.6 Å². The Hall–Kier alpha value is -3.50. The van der Waals surface area contributed by atoms with Gasteiger partial charge in [0.25, 0.3) is 11.8 Å². The summed E-state index contributed by atoms with van der Waals surface area (Å²) in [6.45, 7) is -0.383. The molecule has 0 radical (unpaired) electrons. The fourth-order valence-corrected chi connectivity index (χ4v) is 3.47. The zero-order chi connectivity index (χ0) is 24.4. The molecule has 0 bridgehead atoms. The van der Waals surface area contributed by atoms with E-state index in [1.165, 1.54) is 13.1 Å². The van der Waals surface area contributed by atoms with E-state index >= 15 is 0 Å². The molecule has 0 aliphatic carbocycles. The van der Waals surface area contributed by atoms with Crippen LogP contribution in [0.1, 0.15) is 38.3 Å². The lowest BCUT2D eigenvalue weighted by Gasteiger charge is -2.26. The van der Waals surface area contributed by atoms with Gasteiger partial charge in [0.2, 0.25) is 0 Å². The number of nitrogens with one attached hydrogen (secondary N) is 2. The summed E-state index contributed by atoms with van der Waals surface area (Å²) in [4.78, 5) is 34.1. The number of halogens is 1. The van der Waals surface area contributed by atoms with Crippen LogP contribution in [0.4, 0.5) is 4.39 Å². The monoisotopic (exact) mass is 461 g/mol. The fourth-order valence-electron chi connectivity index (χ4n) is 3.47. The predicted octanol–water partition coefficient (Wildman–Crippen LogP) is 0.836. The Bertz CT molecular complexity index is 986. The summed E-state index contributed by atoms with van der Waals surface area (Å²) in [5.74, 6) is -1.66. The van der Waals surface area contributed by atoms with Crippen molar-refractivity contribution >= 4 is 17.8 Å². The topological polar surface area (TPSA) is 151 Å². The van der Waals surface area contributed by atoms with Crippen molar-refractivity contribution in [3.63, 3.8) is 0 Å². The molecule has 2 aromatic carbocycles. The second-order valence-electron chi connectivity index (χ2n) is 7.30. The largest absolute Gasteiger partial charge is 0.491 e. The van der Waals surface area contributed by atoms with E-state index in [1.54, 1.807) is 6.07 Å². The number of carboxylic acids is 1. The van der Waals surface area contributed by atoms with E-state index in [4.69, 9.17) is 20.4 Å². The first-order valence-electron chi connectivity index (χ1n) is 10.3. The highest BCUT2D eigenvalue weighted by Gasteiger charge is 2.44. The van der Waals surface area contributed by atoms with Gasteiger partial charge >= 0.3 is 5.97 Å². The van der Waals surface area contributed by atoms with Gasteiger partial charge in [0.15, 0.2) is 6.67 Å². The molecule has 3 rings (SSSR count). The van der Waals surface area contributed by atoms with Gasteiger partial charge in [0, 0.05) is 24.7 Å². The Morgan fingerprint density at radius 1 is 1.18 bits per heavy atom. The molecule has 9 nitrogen and oxygen atoms in total. The van der Waals surface area contributed by atoms with E-state index in [0.29, 0.717) is 36.4 Å². The van der Waals surface area contributed by atoms with Crippen LogP contribution in [0, 0.1) is 0 Å². The highest BCUT2D eigenvalue weighted by Crippen LogP contribution is 2.45. The van der Waals surface area contributed by atoms with Gasteiger partial charge in [-0.05, 0) is 30.7 Å². The minimum absolute atomic E-state index is 0.186. The Labute approximate surface area is 190 Å². The summed E-state index contributed by atoms with van der Waals surface area (Å²) in [5.41, 5.74) is 6.74. The number of nitrogens with two attached hydrogens (primary N) is 1. The van der Waals surface area contributed by atoms with Gasteiger partial charge in [0.1, 0.15) is 12.4 Å². The van der Waals surface area contributed by atoms with Gasteiger partial charge in [-0.25, -0.2) is 9.18 Å². The highest BCUT2D eigenvalue weighted by molar-refractivity contribution is 6.02. The molecule has 2 aromatic rings. The van der Waals surface area contributed by atoms with Crippen LogP contribution in [0.3, 0.4) is 0 Å². The summed E-state index contributed by atoms with van der Waals surface area (Å²) < 4.78 is 16.4. The van der Waals surface area contributed by atoms with E-state index in [9.17, 15) is 19.1 Å². The molecule has 1 heterocycles. The summed E-state index contributed by atoms with van der Waals surface area (Å²) in [5, 5.41) is 23.0. The first-order valence-corrected chi connectivity index (χ1v) is 10.3. The molecule has 1 aliphatic rings. The van der Waals surface area contributed by atoms with Crippen molar-refractivity contribution in [1.29, 1.82) is 0 Å². The fraction of sp³-hybridized carbons (Fsp3) is 0.348. The Morgan fingerprint density at radius 2 is 1.85 bits per heavy atom. The Kier molecular flexibility index (Phi) is 9.31. The first kappa shape index (κ1) is 25.8. The number of ether oxygens (including phenoxy) is 1. The van der Waals surface area contributed by atoms with E-state index in [2.05, 4.69) is 10.6 Å². The normalized spacial score (nSPS) is 16.0. The number of rotatable bonds is 8. The first-order chi connectivity index (χ1) is 15.8. The quantitative estimate of drug-likeness (QED) is 0.365. The second-order valence-corrected chi connectivity index (χ2v) is 7.30. The average molecular weight is 461 g/mol. The van der Waals surface area contributed by atoms with Crippen molar-refractivity contribution in [2.24, 2.45) is 5.73 Å². The number of aliphatic carboxylic acids is 1. The van der Waals surface area contributed by atoms with Gasteiger partial charge in [-0.3, -0.25) is 9.59 Å². The lowest BCUT2D eigenvalue weighted by atomic mass is 9.76. The van der Waals surface area contributed by atoms with Gasteiger partial charge < -0.3 is 31.3 Å². The molecular weight excluding hydrogens is 433 g/mol. The number of aliphatic hydroxyl groups is 1. The van der Waals surface area contributed by atoms with Gasteiger partial charge in [-0.1, -0.05) is 30.3 Å². The maximum Gasteiger partial charge on any atom is 0.335 e. The van der Waals surface area contributed by atoms with Crippen molar-refractivity contribution < 1.29 is 33.7 Å². The maximum atomic E-state index is 12.6. The SMILES string of the molecule is CNC(=O)c1cc(C(=O)NCCCN)cc2c1OCC2(CO)c1ccccc1.O=C(O)CF. The van der Waals surface area contributed by atoms with E-state index in [1.807, 2.05) is 30.3 Å². The van der Waals surface area contributed by atoms with Crippen LogP contribution < -0.4 is 21.1 Å². The van der Waals surface area contributed by atoms with Crippen molar-refractivity contribution in [3.05, 3.63) is 64.7 Å². The minimum Gasteiger partial charge on any atom is -0.491 e. The summed E-state index contributed by atoms with van der Waals surface area (Å²) in [7, 11) is 1.52. The summed E-state index contributed by atoms with van der Waals surface area (Å²) in [6, 6.07) is 12.7. The number of aliphatic hydroxyl groups excluding tert-OH is 1. The molecular formula is C23H28FN3O6. The lowest BCUT2D eigenvalue weighted by molar-refractivity contribution is -0.137. The molecule has 0 aromatic heterocycles. The van der Waals surface area contributed by atoms with E-state index in [-0.39, 0.29) is 30.6 Å². The zero-order valence-electron chi connectivity index (χ0n) is 18.3. The van der Waals surface area contributed by atoms with Crippen molar-refractivity contribution in [2.45, 2.75) is 11.8 Å². The third kappa shape index (κ3) is 5.85. The van der Waals surface area contributed by atoms with Crippen molar-refractivity contribution in [3.8, 4) is 5.75 Å². The lowest BCUT2D eigenvalue weighted by Crippen LogP contribution is -2.34. The molecule has 10 heteroatoms. The van der Waals surface area contributed by atoms with Crippen LogP contribution >= 0.6 is 0 Å². The number of hydrogen-bond acceptors (Lipinski definition) is 6. The third-order valence-corrected chi connectivity index (χ3v) is 5.18. The number of fused-ring (bicyclic) bond motifs is 1. The number of carboxylic acid groups (broad SMARTS) is 1. The molecule has 0 saturated heterocycles. The average Bonchev–Trinajstić information content (AvgIpc) is 3.23. The molecule has 0 spiro atoms. The number of amides is 2. The van der Waals surface area contributed by atoms with Gasteiger partial charge in [-0.15, -0.1) is 0 Å². The van der Waals surface area contributed by atoms with Gasteiger partial charge in [0.05, 0.1) is 17.6 Å². The molecule has 1 unspecified atom stereocenters. The molecule has 1 atom stereocenters. The van der Waals surface area contributed by atoms with Crippen LogP contribution in [0.2, 0.25) is 0 Å². The molecule has 33 heavy (non-hydrogen) atoms. The third-order valence-electron chi connectivity index (χ3n) is 5.18. The second kappa shape index (κ2) is 11.9. The van der Waals surface area contributed by atoms with E-state index < -0.39 is 18.1 Å². The molecule has 0 fully saturated rings. The van der Waals surface area contributed by atoms with Crippen LogP contribution in [0.15, 0.2) is 42.5 Å². The molecule has 0 saturated carbocycles. The van der Waals surface area contributed by atoms with E-state index in [0.717, 1.165) is 5.56 Å². The number of carbonyl (C=O) groups is 3. The molecule has 2 amide bonds. The van der Waals surface area contributed by atoms with Crippen LogP contribution in [0.5, 0.6) is 5.75 Å².